The van der Waals surface area contributed by atoms with Crippen molar-refractivity contribution in [2.75, 3.05) is 19.1 Å². The van der Waals surface area contributed by atoms with E-state index in [9.17, 15) is 10.1 Å². The van der Waals surface area contributed by atoms with Gasteiger partial charge in [-0.05, 0) is 19.4 Å². The quantitative estimate of drug-likeness (QED) is 0.327. The number of ether oxygens (including phenoxy) is 2. The van der Waals surface area contributed by atoms with E-state index in [0.29, 0.717) is 37.0 Å². The molecule has 1 aromatic rings. The van der Waals surface area contributed by atoms with Gasteiger partial charge in [-0.25, -0.2) is 0 Å². The number of halogens is 1. The molecule has 6 heteroatoms. The first-order valence-electron chi connectivity index (χ1n) is 5.29. The fourth-order valence-electron chi connectivity index (χ4n) is 1.23. The van der Waals surface area contributed by atoms with E-state index in [-0.39, 0.29) is 5.69 Å². The van der Waals surface area contributed by atoms with E-state index >= 15 is 0 Å². The van der Waals surface area contributed by atoms with Crippen LogP contribution in [0.1, 0.15) is 13.3 Å². The number of alkyl halides is 1. The maximum absolute atomic E-state index is 10.6. The van der Waals surface area contributed by atoms with E-state index in [1.165, 1.54) is 18.2 Å². The first-order valence-corrected chi connectivity index (χ1v) is 5.82. The zero-order valence-corrected chi connectivity index (χ0v) is 10.3. The highest BCUT2D eigenvalue weighted by Gasteiger charge is 2.12. The minimum atomic E-state index is -0.468. The third kappa shape index (κ3) is 4.11. The smallest absolute Gasteiger partial charge is 0.273 e. The molecular weight excluding hydrogens is 246 g/mol. The fourth-order valence-corrected chi connectivity index (χ4v) is 1.34. The number of benzene rings is 1. The summed E-state index contributed by atoms with van der Waals surface area (Å²) in [6.07, 6.45) is 0.676. The summed E-state index contributed by atoms with van der Waals surface area (Å²) >= 11 is 5.53. The van der Waals surface area contributed by atoms with Crippen LogP contribution in [0.15, 0.2) is 18.2 Å². The minimum absolute atomic E-state index is 0.0191. The van der Waals surface area contributed by atoms with Crippen LogP contribution < -0.4 is 9.47 Å². The zero-order chi connectivity index (χ0) is 12.7. The maximum atomic E-state index is 10.6. The van der Waals surface area contributed by atoms with E-state index < -0.39 is 4.92 Å². The Kier molecular flexibility index (Phi) is 5.56. The van der Waals surface area contributed by atoms with Crippen LogP contribution in [0.25, 0.3) is 0 Å². The largest absolute Gasteiger partial charge is 0.490 e. The molecule has 17 heavy (non-hydrogen) atoms. The Morgan fingerprint density at radius 1 is 1.35 bits per heavy atom. The van der Waals surface area contributed by atoms with Crippen molar-refractivity contribution in [3.05, 3.63) is 28.3 Å². The molecule has 0 saturated carbocycles. The Balaban J connectivity index is 2.86. The molecule has 0 amide bonds. The van der Waals surface area contributed by atoms with Gasteiger partial charge in [0.2, 0.25) is 0 Å². The second kappa shape index (κ2) is 6.96. The molecule has 0 aliphatic heterocycles. The maximum Gasteiger partial charge on any atom is 0.273 e. The second-order valence-electron chi connectivity index (χ2n) is 3.21. The van der Waals surface area contributed by atoms with Gasteiger partial charge in [-0.15, -0.1) is 11.6 Å². The number of non-ortho nitro benzene ring substituents is 1. The van der Waals surface area contributed by atoms with Gasteiger partial charge in [-0.3, -0.25) is 10.1 Å². The molecule has 94 valence electrons. The minimum Gasteiger partial charge on any atom is -0.490 e. The average Bonchev–Trinajstić information content (AvgIpc) is 2.31. The van der Waals surface area contributed by atoms with Crippen molar-refractivity contribution in [3.63, 3.8) is 0 Å². The lowest BCUT2D eigenvalue weighted by atomic mass is 10.3. The van der Waals surface area contributed by atoms with Gasteiger partial charge >= 0.3 is 0 Å². The van der Waals surface area contributed by atoms with Crippen molar-refractivity contribution in [1.82, 2.24) is 0 Å². The van der Waals surface area contributed by atoms with E-state index in [1.807, 2.05) is 6.92 Å². The van der Waals surface area contributed by atoms with Crippen molar-refractivity contribution in [1.29, 1.82) is 0 Å². The molecule has 5 nitrogen and oxygen atoms in total. The molecule has 0 unspecified atom stereocenters. The summed E-state index contributed by atoms with van der Waals surface area (Å²) < 4.78 is 10.7. The van der Waals surface area contributed by atoms with Gasteiger partial charge in [0.1, 0.15) is 0 Å². The van der Waals surface area contributed by atoms with Crippen molar-refractivity contribution in [2.45, 2.75) is 13.3 Å². The number of hydrogen-bond donors (Lipinski definition) is 0. The average molecular weight is 260 g/mol. The van der Waals surface area contributed by atoms with Gasteiger partial charge in [-0.1, -0.05) is 0 Å². The fraction of sp³-hybridized carbons (Fsp3) is 0.455. The molecule has 1 aromatic carbocycles. The monoisotopic (exact) mass is 259 g/mol. The van der Waals surface area contributed by atoms with Crippen LogP contribution in [0, 0.1) is 10.1 Å². The topological polar surface area (TPSA) is 61.6 Å². The molecule has 0 bridgehead atoms. The van der Waals surface area contributed by atoms with Gasteiger partial charge in [-0.2, -0.15) is 0 Å². The van der Waals surface area contributed by atoms with E-state index in [2.05, 4.69) is 0 Å². The molecular formula is C11H14ClNO4. The van der Waals surface area contributed by atoms with Crippen molar-refractivity contribution in [3.8, 4) is 11.5 Å². The number of nitro benzene ring substituents is 1. The third-order valence-corrected chi connectivity index (χ3v) is 2.24. The third-order valence-electron chi connectivity index (χ3n) is 1.97. The zero-order valence-electron chi connectivity index (χ0n) is 9.52. The van der Waals surface area contributed by atoms with Crippen LogP contribution in [0.5, 0.6) is 11.5 Å². The number of nitro groups is 1. The SMILES string of the molecule is CCOc1ccc([N+](=O)[O-])cc1OCCCCl. The number of hydrogen-bond acceptors (Lipinski definition) is 4. The van der Waals surface area contributed by atoms with Crippen molar-refractivity contribution in [2.24, 2.45) is 0 Å². The molecule has 0 aliphatic rings. The highest BCUT2D eigenvalue weighted by atomic mass is 35.5. The molecule has 1 rings (SSSR count). The number of rotatable bonds is 7. The molecule has 0 fully saturated rings. The standard InChI is InChI=1S/C11H14ClNO4/c1-2-16-10-5-4-9(13(14)15)8-11(10)17-7-3-6-12/h4-5,8H,2-3,6-7H2,1H3. The molecule has 0 N–H and O–H groups in total. The molecule has 0 saturated heterocycles. The lowest BCUT2D eigenvalue weighted by Gasteiger charge is -2.10. The summed E-state index contributed by atoms with van der Waals surface area (Å²) in [4.78, 5) is 10.2. The summed E-state index contributed by atoms with van der Waals surface area (Å²) in [5.74, 6) is 1.37. The van der Waals surface area contributed by atoms with Crippen LogP contribution in [-0.4, -0.2) is 24.0 Å². The van der Waals surface area contributed by atoms with E-state index in [1.54, 1.807) is 0 Å². The predicted molar refractivity (Wildman–Crippen MR) is 65.1 cm³/mol. The molecule has 0 spiro atoms. The van der Waals surface area contributed by atoms with Crippen LogP contribution in [0.2, 0.25) is 0 Å². The van der Waals surface area contributed by atoms with Gasteiger partial charge in [0, 0.05) is 11.9 Å². The summed E-state index contributed by atoms with van der Waals surface area (Å²) in [5.41, 5.74) is -0.0191. The van der Waals surface area contributed by atoms with Crippen LogP contribution in [0.4, 0.5) is 5.69 Å². The normalized spacial score (nSPS) is 10.0. The Morgan fingerprint density at radius 2 is 2.12 bits per heavy atom. The van der Waals surface area contributed by atoms with E-state index in [0.717, 1.165) is 0 Å². The lowest BCUT2D eigenvalue weighted by molar-refractivity contribution is -0.385. The van der Waals surface area contributed by atoms with Crippen molar-refractivity contribution >= 4 is 17.3 Å². The van der Waals surface area contributed by atoms with Gasteiger partial charge in [0.25, 0.3) is 5.69 Å². The summed E-state index contributed by atoms with van der Waals surface area (Å²) in [7, 11) is 0. The number of nitrogens with zero attached hydrogens (tertiary/aromatic N) is 1. The highest BCUT2D eigenvalue weighted by Crippen LogP contribution is 2.31. The second-order valence-corrected chi connectivity index (χ2v) is 3.59. The molecule has 0 aliphatic carbocycles. The first-order chi connectivity index (χ1) is 8.19. The van der Waals surface area contributed by atoms with Gasteiger partial charge in [0.15, 0.2) is 11.5 Å². The summed E-state index contributed by atoms with van der Waals surface area (Å²) in [6.45, 7) is 2.72. The Bertz CT molecular complexity index is 384. The lowest BCUT2D eigenvalue weighted by Crippen LogP contribution is -2.02. The Hall–Kier alpha value is -1.49. The first kappa shape index (κ1) is 13.6. The van der Waals surface area contributed by atoms with Crippen molar-refractivity contribution < 1.29 is 14.4 Å². The summed E-state index contributed by atoms with van der Waals surface area (Å²) in [6, 6.07) is 4.29. The van der Waals surface area contributed by atoms with Crippen LogP contribution in [-0.2, 0) is 0 Å². The molecule has 0 heterocycles. The highest BCUT2D eigenvalue weighted by molar-refractivity contribution is 6.17. The molecule has 0 atom stereocenters. The Morgan fingerprint density at radius 3 is 2.71 bits per heavy atom. The van der Waals surface area contributed by atoms with Gasteiger partial charge < -0.3 is 9.47 Å². The summed E-state index contributed by atoms with van der Waals surface area (Å²) in [5, 5.41) is 10.6. The van der Waals surface area contributed by atoms with Crippen LogP contribution in [0.3, 0.4) is 0 Å². The molecule has 0 radical (unpaired) electrons. The predicted octanol–water partition coefficient (Wildman–Crippen LogP) is 3.00. The Labute approximate surface area is 104 Å². The van der Waals surface area contributed by atoms with Gasteiger partial charge in [0.05, 0.1) is 24.2 Å². The van der Waals surface area contributed by atoms with Crippen LogP contribution >= 0.6 is 11.6 Å². The van der Waals surface area contributed by atoms with E-state index in [4.69, 9.17) is 21.1 Å². The molecule has 0 aromatic heterocycles.